The summed E-state index contributed by atoms with van der Waals surface area (Å²) >= 11 is 0. The quantitative estimate of drug-likeness (QED) is 0.824. The fourth-order valence-electron chi connectivity index (χ4n) is 7.30. The maximum atomic E-state index is 10.5. The molecule has 4 aliphatic rings. The van der Waals surface area contributed by atoms with Crippen molar-refractivity contribution in [2.45, 2.75) is 70.9 Å². The first-order valence-corrected chi connectivity index (χ1v) is 9.53. The van der Waals surface area contributed by atoms with Crippen molar-refractivity contribution in [2.24, 2.45) is 28.6 Å². The van der Waals surface area contributed by atoms with Gasteiger partial charge in [0, 0.05) is 12.6 Å². The van der Waals surface area contributed by atoms with Crippen molar-refractivity contribution in [3.8, 4) is 0 Å². The molecule has 0 aromatic carbocycles. The maximum Gasteiger partial charge on any atom is 0.0596 e. The molecule has 0 spiro atoms. The molecule has 22 heavy (non-hydrogen) atoms. The molecule has 0 amide bonds. The summed E-state index contributed by atoms with van der Waals surface area (Å²) in [5.41, 5.74) is 0.653. The third-order valence-electron chi connectivity index (χ3n) is 8.53. The van der Waals surface area contributed by atoms with Gasteiger partial charge in [0.25, 0.3) is 0 Å². The van der Waals surface area contributed by atoms with Crippen molar-refractivity contribution in [3.63, 3.8) is 0 Å². The van der Waals surface area contributed by atoms with Crippen LogP contribution in [0, 0.1) is 28.6 Å². The summed E-state index contributed by atoms with van der Waals surface area (Å²) in [6.07, 6.45) is 8.72. The summed E-state index contributed by atoms with van der Waals surface area (Å²) < 4.78 is 0. The van der Waals surface area contributed by atoms with Crippen molar-refractivity contribution in [2.75, 3.05) is 19.7 Å². The molecule has 7 atom stereocenters. The van der Waals surface area contributed by atoms with Gasteiger partial charge in [-0.1, -0.05) is 13.8 Å². The summed E-state index contributed by atoms with van der Waals surface area (Å²) in [7, 11) is 0. The largest absolute Gasteiger partial charge is 0.395 e. The monoisotopic (exact) mass is 307 g/mol. The van der Waals surface area contributed by atoms with Crippen molar-refractivity contribution in [1.82, 2.24) is 4.90 Å². The first-order valence-electron chi connectivity index (χ1n) is 9.53. The molecular formula is C19H33NO2. The molecule has 0 aromatic heterocycles. The highest BCUT2D eigenvalue weighted by molar-refractivity contribution is 5.11. The molecule has 3 heteroatoms. The summed E-state index contributed by atoms with van der Waals surface area (Å²) in [6.45, 7) is 7.24. The third kappa shape index (κ3) is 1.91. The van der Waals surface area contributed by atoms with Crippen molar-refractivity contribution in [3.05, 3.63) is 0 Å². The number of hydrogen-bond acceptors (Lipinski definition) is 3. The van der Waals surface area contributed by atoms with Gasteiger partial charge in [0.1, 0.15) is 0 Å². The van der Waals surface area contributed by atoms with Gasteiger partial charge in [-0.25, -0.2) is 0 Å². The Morgan fingerprint density at radius 1 is 0.955 bits per heavy atom. The van der Waals surface area contributed by atoms with Gasteiger partial charge in [-0.2, -0.15) is 0 Å². The lowest BCUT2D eigenvalue weighted by Crippen LogP contribution is -2.55. The van der Waals surface area contributed by atoms with E-state index in [2.05, 4.69) is 18.7 Å². The normalized spacial score (nSPS) is 54.8. The number of fused-ring (bicyclic) bond motifs is 5. The van der Waals surface area contributed by atoms with Gasteiger partial charge in [-0.3, -0.25) is 4.90 Å². The predicted octanol–water partition coefficient (Wildman–Crippen LogP) is 2.66. The highest BCUT2D eigenvalue weighted by Crippen LogP contribution is 2.64. The van der Waals surface area contributed by atoms with Crippen LogP contribution in [0.2, 0.25) is 0 Å². The topological polar surface area (TPSA) is 43.7 Å². The van der Waals surface area contributed by atoms with E-state index in [4.69, 9.17) is 0 Å². The van der Waals surface area contributed by atoms with E-state index >= 15 is 0 Å². The number of likely N-dealkylation sites (tertiary alicyclic amines) is 1. The Balaban J connectivity index is 1.60. The predicted molar refractivity (Wildman–Crippen MR) is 87.5 cm³/mol. The molecule has 0 radical (unpaired) electrons. The van der Waals surface area contributed by atoms with Crippen LogP contribution >= 0.6 is 0 Å². The molecule has 3 nitrogen and oxygen atoms in total. The zero-order chi connectivity index (χ0) is 15.5. The zero-order valence-electron chi connectivity index (χ0n) is 14.3. The average molecular weight is 307 g/mol. The second-order valence-corrected chi connectivity index (χ2v) is 9.12. The first kappa shape index (κ1) is 15.4. The standard InChI is InChI=1S/C19H33NO2/c1-18-9-10-20(11-12-21)16(18)5-3-13-14-4-6-17(22)19(14,2)8-7-15(13)18/h13-17,21-22H,3-12H2,1-2H3/t13-,14-,15-,16+,17+,18-,19+/m1/s1. The molecule has 4 fully saturated rings. The van der Waals surface area contributed by atoms with Gasteiger partial charge in [-0.15, -0.1) is 0 Å². The van der Waals surface area contributed by atoms with Gasteiger partial charge in [-0.05, 0) is 80.1 Å². The van der Waals surface area contributed by atoms with Crippen molar-refractivity contribution >= 4 is 0 Å². The van der Waals surface area contributed by atoms with E-state index in [9.17, 15) is 10.2 Å². The Labute approximate surface area is 135 Å². The molecular weight excluding hydrogens is 274 g/mol. The lowest BCUT2D eigenvalue weighted by atomic mass is 9.49. The number of β-amino-alcohol motifs (C(OH)–C–C–N with tert-alkyl or cyclic N) is 1. The number of aliphatic hydroxyl groups excluding tert-OH is 2. The van der Waals surface area contributed by atoms with Crippen LogP contribution in [0.4, 0.5) is 0 Å². The van der Waals surface area contributed by atoms with Crippen LogP contribution in [0.15, 0.2) is 0 Å². The SMILES string of the molecule is C[C@]12CC[C@@H]3[C@H](CC[C@@H]4N(CCO)CC[C@]34C)[C@H]1CC[C@@H]2O. The van der Waals surface area contributed by atoms with Crippen LogP contribution in [0.1, 0.15) is 58.8 Å². The number of nitrogens with zero attached hydrogens (tertiary/aromatic N) is 1. The zero-order valence-corrected chi connectivity index (χ0v) is 14.3. The second-order valence-electron chi connectivity index (χ2n) is 9.12. The lowest BCUT2D eigenvalue weighted by molar-refractivity contribution is -0.0980. The van der Waals surface area contributed by atoms with E-state index < -0.39 is 0 Å². The molecule has 1 heterocycles. The Kier molecular flexibility index (Phi) is 3.63. The van der Waals surface area contributed by atoms with Crippen LogP contribution in [-0.4, -0.2) is 47.0 Å². The third-order valence-corrected chi connectivity index (χ3v) is 8.53. The van der Waals surface area contributed by atoms with Gasteiger partial charge >= 0.3 is 0 Å². The molecule has 1 aliphatic heterocycles. The van der Waals surface area contributed by atoms with E-state index in [0.717, 1.165) is 30.7 Å². The Hall–Kier alpha value is -0.120. The molecule has 0 aromatic rings. The minimum absolute atomic E-state index is 0.0570. The van der Waals surface area contributed by atoms with Crippen LogP contribution in [0.3, 0.4) is 0 Å². The maximum absolute atomic E-state index is 10.5. The second kappa shape index (κ2) is 5.19. The minimum atomic E-state index is -0.0570. The van der Waals surface area contributed by atoms with Gasteiger partial charge < -0.3 is 10.2 Å². The Morgan fingerprint density at radius 2 is 1.73 bits per heavy atom. The van der Waals surface area contributed by atoms with Gasteiger partial charge in [0.2, 0.25) is 0 Å². The molecule has 1 saturated heterocycles. The van der Waals surface area contributed by atoms with E-state index in [1.165, 1.54) is 45.1 Å². The Morgan fingerprint density at radius 3 is 2.50 bits per heavy atom. The summed E-state index contributed by atoms with van der Waals surface area (Å²) in [6, 6.07) is 0.691. The molecule has 4 rings (SSSR count). The highest BCUT2D eigenvalue weighted by Gasteiger charge is 2.61. The fraction of sp³-hybridized carbons (Fsp3) is 1.00. The van der Waals surface area contributed by atoms with Crippen molar-refractivity contribution in [1.29, 1.82) is 0 Å². The molecule has 3 saturated carbocycles. The molecule has 0 unspecified atom stereocenters. The fourth-order valence-corrected chi connectivity index (χ4v) is 7.30. The summed E-state index contributed by atoms with van der Waals surface area (Å²) in [4.78, 5) is 2.56. The molecule has 2 N–H and O–H groups in total. The summed E-state index contributed by atoms with van der Waals surface area (Å²) in [5, 5.41) is 19.9. The van der Waals surface area contributed by atoms with Gasteiger partial charge in [0.05, 0.1) is 12.7 Å². The van der Waals surface area contributed by atoms with Crippen LogP contribution in [0.5, 0.6) is 0 Å². The van der Waals surface area contributed by atoms with Gasteiger partial charge in [0.15, 0.2) is 0 Å². The smallest absolute Gasteiger partial charge is 0.0596 e. The highest BCUT2D eigenvalue weighted by atomic mass is 16.3. The van der Waals surface area contributed by atoms with Crippen LogP contribution in [-0.2, 0) is 0 Å². The summed E-state index contributed by atoms with van der Waals surface area (Å²) in [5.74, 6) is 2.44. The number of rotatable bonds is 2. The molecule has 3 aliphatic carbocycles. The number of hydrogen-bond donors (Lipinski definition) is 2. The van der Waals surface area contributed by atoms with E-state index in [1.54, 1.807) is 0 Å². The lowest BCUT2D eigenvalue weighted by Gasteiger charge is -2.57. The van der Waals surface area contributed by atoms with Crippen molar-refractivity contribution < 1.29 is 10.2 Å². The minimum Gasteiger partial charge on any atom is -0.395 e. The average Bonchev–Trinajstić information content (AvgIpc) is 2.98. The number of aliphatic hydroxyl groups is 2. The van der Waals surface area contributed by atoms with E-state index in [-0.39, 0.29) is 11.5 Å². The molecule has 126 valence electrons. The van der Waals surface area contributed by atoms with Crippen LogP contribution < -0.4 is 0 Å². The Bertz CT molecular complexity index is 441. The van der Waals surface area contributed by atoms with E-state index in [1.807, 2.05) is 0 Å². The van der Waals surface area contributed by atoms with Crippen LogP contribution in [0.25, 0.3) is 0 Å². The molecule has 0 bridgehead atoms. The first-order chi connectivity index (χ1) is 10.5. The van der Waals surface area contributed by atoms with E-state index in [0.29, 0.717) is 18.1 Å².